The SMILES string of the molecule is Brc1cncc(Br)c1-c1nc2c([nH]1)-c1ccncc1Nc1ncccc1-2. The first kappa shape index (κ1) is 15.7. The number of imidazole rings is 1. The van der Waals surface area contributed by atoms with Crippen molar-refractivity contribution in [1.82, 2.24) is 24.9 Å². The number of hydrogen-bond acceptors (Lipinski definition) is 5. The predicted molar refractivity (Wildman–Crippen MR) is 107 cm³/mol. The number of aromatic amines is 1. The molecule has 126 valence electrons. The van der Waals surface area contributed by atoms with Crippen molar-refractivity contribution in [2.75, 3.05) is 5.32 Å². The van der Waals surface area contributed by atoms with Crippen LogP contribution in [0.5, 0.6) is 0 Å². The van der Waals surface area contributed by atoms with Crippen LogP contribution >= 0.6 is 31.9 Å². The molecule has 4 aromatic heterocycles. The number of fused-ring (bicyclic) bond motifs is 5. The molecule has 1 aliphatic heterocycles. The van der Waals surface area contributed by atoms with Crippen LogP contribution in [-0.4, -0.2) is 24.9 Å². The van der Waals surface area contributed by atoms with Gasteiger partial charge in [0, 0.05) is 50.4 Å². The van der Waals surface area contributed by atoms with Gasteiger partial charge >= 0.3 is 0 Å². The Labute approximate surface area is 165 Å². The second-order valence-corrected chi connectivity index (χ2v) is 7.44. The zero-order valence-corrected chi connectivity index (χ0v) is 16.3. The minimum Gasteiger partial charge on any atom is -0.338 e. The molecule has 8 heteroatoms. The lowest BCUT2D eigenvalue weighted by atomic mass is 10.1. The number of nitrogens with one attached hydrogen (secondary N) is 2. The monoisotopic (exact) mass is 468 g/mol. The molecule has 1 aliphatic rings. The summed E-state index contributed by atoms with van der Waals surface area (Å²) < 4.78 is 1.71. The molecule has 0 saturated carbocycles. The van der Waals surface area contributed by atoms with E-state index in [9.17, 15) is 0 Å². The van der Waals surface area contributed by atoms with Gasteiger partial charge in [0.05, 0.1) is 17.6 Å². The van der Waals surface area contributed by atoms with Gasteiger partial charge in [0.15, 0.2) is 0 Å². The molecule has 0 spiro atoms. The fourth-order valence-corrected chi connectivity index (χ4v) is 4.36. The summed E-state index contributed by atoms with van der Waals surface area (Å²) in [5.74, 6) is 1.50. The number of aromatic nitrogens is 5. The van der Waals surface area contributed by atoms with Crippen LogP contribution in [0.2, 0.25) is 0 Å². The molecule has 0 radical (unpaired) electrons. The largest absolute Gasteiger partial charge is 0.338 e. The lowest BCUT2D eigenvalue weighted by Crippen LogP contribution is -1.96. The maximum absolute atomic E-state index is 4.90. The number of halogens is 2. The Kier molecular flexibility index (Phi) is 3.61. The van der Waals surface area contributed by atoms with E-state index in [2.05, 4.69) is 57.1 Å². The normalized spacial score (nSPS) is 11.8. The average Bonchev–Trinajstić information content (AvgIpc) is 3.02. The molecule has 6 nitrogen and oxygen atoms in total. The van der Waals surface area contributed by atoms with E-state index in [0.29, 0.717) is 0 Å². The molecule has 0 bridgehead atoms. The smallest absolute Gasteiger partial charge is 0.140 e. The molecule has 0 unspecified atom stereocenters. The van der Waals surface area contributed by atoms with Crippen LogP contribution in [0.25, 0.3) is 33.9 Å². The van der Waals surface area contributed by atoms with Crippen molar-refractivity contribution in [3.8, 4) is 33.9 Å². The number of H-pyrrole nitrogens is 1. The number of anilines is 2. The van der Waals surface area contributed by atoms with E-state index >= 15 is 0 Å². The summed E-state index contributed by atoms with van der Waals surface area (Å²) in [5.41, 5.74) is 5.50. The van der Waals surface area contributed by atoms with E-state index in [1.165, 1.54) is 0 Å². The van der Waals surface area contributed by atoms with Crippen LogP contribution in [0.1, 0.15) is 0 Å². The van der Waals surface area contributed by atoms with Gasteiger partial charge in [-0.2, -0.15) is 0 Å². The first-order valence-electron chi connectivity index (χ1n) is 7.78. The van der Waals surface area contributed by atoms with Gasteiger partial charge in [-0.25, -0.2) is 9.97 Å². The summed E-state index contributed by atoms with van der Waals surface area (Å²) in [6.45, 7) is 0. The van der Waals surface area contributed by atoms with E-state index in [4.69, 9.17) is 4.98 Å². The fourth-order valence-electron chi connectivity index (χ4n) is 3.05. The zero-order chi connectivity index (χ0) is 17.7. The van der Waals surface area contributed by atoms with Crippen molar-refractivity contribution in [3.63, 3.8) is 0 Å². The molecule has 2 N–H and O–H groups in total. The van der Waals surface area contributed by atoms with Gasteiger partial charge in [-0.3, -0.25) is 9.97 Å². The van der Waals surface area contributed by atoms with Crippen LogP contribution in [-0.2, 0) is 0 Å². The lowest BCUT2D eigenvalue weighted by Gasteiger charge is -2.08. The summed E-state index contributed by atoms with van der Waals surface area (Å²) in [6.07, 6.45) is 8.83. The van der Waals surface area contributed by atoms with Crippen molar-refractivity contribution < 1.29 is 0 Å². The summed E-state index contributed by atoms with van der Waals surface area (Å²) >= 11 is 7.14. The number of rotatable bonds is 1. The summed E-state index contributed by atoms with van der Waals surface area (Å²) in [4.78, 5) is 21.3. The molecule has 0 amide bonds. The average molecular weight is 470 g/mol. The Morgan fingerprint density at radius 3 is 2.58 bits per heavy atom. The van der Waals surface area contributed by atoms with Gasteiger partial charge in [-0.15, -0.1) is 0 Å². The molecule has 26 heavy (non-hydrogen) atoms. The number of hydrogen-bond donors (Lipinski definition) is 2. The molecule has 0 atom stereocenters. The maximum Gasteiger partial charge on any atom is 0.140 e. The first-order valence-corrected chi connectivity index (χ1v) is 9.37. The second kappa shape index (κ2) is 6.00. The standard InChI is InChI=1S/C18H10Br2N6/c19-11-6-22-7-12(20)14(11)18-25-15-9-3-5-21-8-13(9)24-17-10(16(15)26-18)2-1-4-23-17/h1-8H,(H,23,24)(H,25,26). The summed E-state index contributed by atoms with van der Waals surface area (Å²) in [6, 6.07) is 5.88. The van der Waals surface area contributed by atoms with Gasteiger partial charge in [0.25, 0.3) is 0 Å². The molecule has 5 rings (SSSR count). The molecule has 0 saturated heterocycles. The van der Waals surface area contributed by atoms with Gasteiger partial charge < -0.3 is 10.3 Å². The molecule has 4 aromatic rings. The van der Waals surface area contributed by atoms with Gasteiger partial charge in [-0.05, 0) is 50.1 Å². The van der Waals surface area contributed by atoms with E-state index in [-0.39, 0.29) is 0 Å². The summed E-state index contributed by atoms with van der Waals surface area (Å²) in [5, 5.41) is 3.36. The van der Waals surface area contributed by atoms with E-state index in [1.54, 1.807) is 31.0 Å². The van der Waals surface area contributed by atoms with E-state index in [1.807, 2.05) is 18.2 Å². The molecular formula is C18H10Br2N6. The van der Waals surface area contributed by atoms with Crippen LogP contribution in [0.15, 0.2) is 58.1 Å². The lowest BCUT2D eigenvalue weighted by molar-refractivity contribution is 1.23. The van der Waals surface area contributed by atoms with Gasteiger partial charge in [-0.1, -0.05) is 0 Å². The number of nitrogens with zero attached hydrogens (tertiary/aromatic N) is 4. The van der Waals surface area contributed by atoms with Crippen molar-refractivity contribution in [2.24, 2.45) is 0 Å². The Morgan fingerprint density at radius 2 is 1.73 bits per heavy atom. The minimum absolute atomic E-state index is 0.746. The highest BCUT2D eigenvalue weighted by molar-refractivity contribution is 9.11. The van der Waals surface area contributed by atoms with Gasteiger partial charge in [0.2, 0.25) is 0 Å². The second-order valence-electron chi connectivity index (χ2n) is 5.73. The predicted octanol–water partition coefficient (Wildman–Crippen LogP) is 5.18. The van der Waals surface area contributed by atoms with Crippen molar-refractivity contribution in [2.45, 2.75) is 0 Å². The zero-order valence-electron chi connectivity index (χ0n) is 13.2. The van der Waals surface area contributed by atoms with E-state index < -0.39 is 0 Å². The fraction of sp³-hybridized carbons (Fsp3) is 0. The topological polar surface area (TPSA) is 79.4 Å². The van der Waals surface area contributed by atoms with Crippen LogP contribution in [0.3, 0.4) is 0 Å². The van der Waals surface area contributed by atoms with Gasteiger partial charge in [0.1, 0.15) is 17.3 Å². The van der Waals surface area contributed by atoms with Crippen LogP contribution in [0.4, 0.5) is 11.5 Å². The third kappa shape index (κ3) is 2.37. The van der Waals surface area contributed by atoms with Crippen molar-refractivity contribution >= 4 is 43.4 Å². The molecule has 5 heterocycles. The quantitative estimate of drug-likeness (QED) is 0.353. The molecular weight excluding hydrogens is 460 g/mol. The Morgan fingerprint density at radius 1 is 0.885 bits per heavy atom. The first-order chi connectivity index (χ1) is 12.7. The Hall–Kier alpha value is -2.58. The van der Waals surface area contributed by atoms with Crippen molar-refractivity contribution in [1.29, 1.82) is 0 Å². The Balaban J connectivity index is 1.84. The van der Waals surface area contributed by atoms with E-state index in [0.717, 1.165) is 54.4 Å². The van der Waals surface area contributed by atoms with Crippen LogP contribution in [0, 0.1) is 0 Å². The van der Waals surface area contributed by atoms with Crippen molar-refractivity contribution in [3.05, 3.63) is 58.1 Å². The highest BCUT2D eigenvalue weighted by Gasteiger charge is 2.25. The maximum atomic E-state index is 4.90. The minimum atomic E-state index is 0.746. The highest BCUT2D eigenvalue weighted by atomic mass is 79.9. The summed E-state index contributed by atoms with van der Waals surface area (Å²) in [7, 11) is 0. The highest BCUT2D eigenvalue weighted by Crippen LogP contribution is 2.44. The third-order valence-corrected chi connectivity index (χ3v) is 5.40. The van der Waals surface area contributed by atoms with Crippen LogP contribution < -0.4 is 5.32 Å². The Bertz CT molecular complexity index is 1070. The number of pyridine rings is 3. The third-order valence-electron chi connectivity index (χ3n) is 4.20. The molecule has 0 aromatic carbocycles. The molecule has 0 fully saturated rings. The molecule has 0 aliphatic carbocycles.